The second-order valence-corrected chi connectivity index (χ2v) is 8.75. The number of amides is 3. The van der Waals surface area contributed by atoms with Crippen LogP contribution >= 0.6 is 22.6 Å². The second kappa shape index (κ2) is 8.10. The van der Waals surface area contributed by atoms with E-state index in [-0.39, 0.29) is 18.5 Å². The average molecular weight is 511 g/mol. The van der Waals surface area contributed by atoms with Crippen molar-refractivity contribution in [3.8, 4) is 5.69 Å². The molecule has 0 spiro atoms. The van der Waals surface area contributed by atoms with E-state index in [1.165, 1.54) is 8.47 Å². The van der Waals surface area contributed by atoms with Gasteiger partial charge in [-0.2, -0.15) is 0 Å². The molecule has 0 bridgehead atoms. The number of urea groups is 1. The summed E-state index contributed by atoms with van der Waals surface area (Å²) in [5, 5.41) is 2.73. The third-order valence-corrected chi connectivity index (χ3v) is 5.96. The van der Waals surface area contributed by atoms with E-state index >= 15 is 0 Å². The fourth-order valence-electron chi connectivity index (χ4n) is 3.79. The molecule has 0 atom stereocenters. The maximum absolute atomic E-state index is 12.9. The lowest BCUT2D eigenvalue weighted by Gasteiger charge is -2.12. The normalized spacial score (nSPS) is 15.2. The zero-order valence-corrected chi connectivity index (χ0v) is 19.2. The van der Waals surface area contributed by atoms with Crippen LogP contribution in [0.1, 0.15) is 28.1 Å². The molecule has 30 heavy (non-hydrogen) atoms. The summed E-state index contributed by atoms with van der Waals surface area (Å²) >= 11 is 2.29. The summed E-state index contributed by atoms with van der Waals surface area (Å²) in [6.45, 7) is 6.30. The predicted octanol–water partition coefficient (Wildman–Crippen LogP) is 5.10. The van der Waals surface area contributed by atoms with Crippen LogP contribution in [0, 0.1) is 24.3 Å². The van der Waals surface area contributed by atoms with Crippen LogP contribution in [0.25, 0.3) is 11.8 Å². The highest BCUT2D eigenvalue weighted by Gasteiger charge is 2.33. The first-order valence-corrected chi connectivity index (χ1v) is 10.8. The smallest absolute Gasteiger partial charge is 0.318 e. The lowest BCUT2D eigenvalue weighted by molar-refractivity contribution is -0.123. The molecule has 5 nitrogen and oxygen atoms in total. The predicted molar refractivity (Wildman–Crippen MR) is 126 cm³/mol. The Bertz CT molecular complexity index is 1180. The summed E-state index contributed by atoms with van der Waals surface area (Å²) in [5.41, 5.74) is 6.38. The van der Waals surface area contributed by atoms with E-state index in [4.69, 9.17) is 0 Å². The molecular formula is C24H22IN3O2. The van der Waals surface area contributed by atoms with Crippen molar-refractivity contribution >= 4 is 40.6 Å². The van der Waals surface area contributed by atoms with E-state index < -0.39 is 0 Å². The van der Waals surface area contributed by atoms with Crippen molar-refractivity contribution < 1.29 is 9.59 Å². The van der Waals surface area contributed by atoms with Crippen LogP contribution in [-0.2, 0) is 11.3 Å². The highest BCUT2D eigenvalue weighted by atomic mass is 127. The van der Waals surface area contributed by atoms with Gasteiger partial charge in [0.1, 0.15) is 5.70 Å². The summed E-state index contributed by atoms with van der Waals surface area (Å²) in [5.74, 6) is -0.305. The number of aryl methyl sites for hydroxylation is 2. The molecular weight excluding hydrogens is 489 g/mol. The second-order valence-electron chi connectivity index (χ2n) is 7.51. The van der Waals surface area contributed by atoms with Crippen molar-refractivity contribution in [3.05, 3.63) is 91.9 Å². The van der Waals surface area contributed by atoms with Gasteiger partial charge in [-0.3, -0.25) is 9.69 Å². The van der Waals surface area contributed by atoms with Gasteiger partial charge in [0.15, 0.2) is 0 Å². The number of hydrogen-bond donors (Lipinski definition) is 1. The quantitative estimate of drug-likeness (QED) is 0.301. The van der Waals surface area contributed by atoms with E-state index in [2.05, 4.69) is 56.7 Å². The van der Waals surface area contributed by atoms with Gasteiger partial charge in [0, 0.05) is 20.6 Å². The van der Waals surface area contributed by atoms with Crippen LogP contribution in [0.15, 0.2) is 60.3 Å². The minimum absolute atomic E-state index is 0.255. The molecule has 152 valence electrons. The van der Waals surface area contributed by atoms with Gasteiger partial charge in [-0.25, -0.2) is 4.79 Å². The van der Waals surface area contributed by atoms with Gasteiger partial charge in [-0.15, -0.1) is 0 Å². The van der Waals surface area contributed by atoms with Gasteiger partial charge in [0.05, 0.1) is 6.54 Å². The average Bonchev–Trinajstić information content (AvgIpc) is 3.13. The molecule has 4 rings (SSSR count). The van der Waals surface area contributed by atoms with Gasteiger partial charge in [-0.05, 0) is 90.9 Å². The Labute approximate surface area is 189 Å². The van der Waals surface area contributed by atoms with Crippen LogP contribution in [0.3, 0.4) is 0 Å². The van der Waals surface area contributed by atoms with Crippen LogP contribution in [-0.4, -0.2) is 21.4 Å². The van der Waals surface area contributed by atoms with E-state index in [0.29, 0.717) is 5.70 Å². The molecule has 3 amide bonds. The van der Waals surface area contributed by atoms with E-state index in [1.807, 2.05) is 51.1 Å². The molecule has 0 unspecified atom stereocenters. The summed E-state index contributed by atoms with van der Waals surface area (Å²) in [6.07, 6.45) is 1.77. The molecule has 2 aromatic carbocycles. The van der Waals surface area contributed by atoms with E-state index in [1.54, 1.807) is 6.08 Å². The molecule has 2 heterocycles. The van der Waals surface area contributed by atoms with Gasteiger partial charge < -0.3 is 9.88 Å². The molecule has 1 aliphatic rings. The van der Waals surface area contributed by atoms with E-state index in [0.717, 1.165) is 33.8 Å². The van der Waals surface area contributed by atoms with Crippen LogP contribution < -0.4 is 5.32 Å². The number of imide groups is 1. The van der Waals surface area contributed by atoms with Gasteiger partial charge >= 0.3 is 6.03 Å². The van der Waals surface area contributed by atoms with Crippen molar-refractivity contribution in [2.45, 2.75) is 27.3 Å². The molecule has 0 radical (unpaired) electrons. The van der Waals surface area contributed by atoms with Gasteiger partial charge in [0.2, 0.25) is 0 Å². The SMILES string of the molecule is Cc1cccc(CN2C(=O)N/C(=C\c3cc(C)n(-c4ccc(I)cc4)c3C)C2=O)c1. The molecule has 1 aromatic heterocycles. The van der Waals surface area contributed by atoms with Crippen LogP contribution in [0.2, 0.25) is 0 Å². The van der Waals surface area contributed by atoms with Crippen molar-refractivity contribution in [3.63, 3.8) is 0 Å². The standard InChI is InChI=1S/C24H22IN3O2/c1-15-5-4-6-18(11-15)14-27-23(29)22(26-24(27)30)13-19-12-16(2)28(17(19)3)21-9-7-20(25)8-10-21/h4-13H,14H2,1-3H3,(H,26,30)/b22-13-. The van der Waals surface area contributed by atoms with Gasteiger partial charge in [0.25, 0.3) is 5.91 Å². The first-order valence-electron chi connectivity index (χ1n) is 9.68. The van der Waals surface area contributed by atoms with Crippen molar-refractivity contribution in [1.29, 1.82) is 0 Å². The number of nitrogens with one attached hydrogen (secondary N) is 1. The Morgan fingerprint density at radius 2 is 1.73 bits per heavy atom. The number of aromatic nitrogens is 1. The van der Waals surface area contributed by atoms with Crippen molar-refractivity contribution in [2.24, 2.45) is 0 Å². The fraction of sp³-hybridized carbons (Fsp3) is 0.167. The minimum Gasteiger partial charge on any atom is -0.318 e. The summed E-state index contributed by atoms with van der Waals surface area (Å²) < 4.78 is 3.32. The Balaban J connectivity index is 1.62. The number of hydrogen-bond acceptors (Lipinski definition) is 2. The molecule has 1 fully saturated rings. The molecule has 1 aliphatic heterocycles. The number of nitrogens with zero attached hydrogens (tertiary/aromatic N) is 2. The number of benzene rings is 2. The first kappa shape index (κ1) is 20.4. The van der Waals surface area contributed by atoms with Gasteiger partial charge in [-0.1, -0.05) is 29.8 Å². The van der Waals surface area contributed by atoms with Crippen molar-refractivity contribution in [1.82, 2.24) is 14.8 Å². The molecule has 0 aliphatic carbocycles. The largest absolute Gasteiger partial charge is 0.329 e. The molecule has 3 aromatic rings. The zero-order valence-electron chi connectivity index (χ0n) is 17.1. The first-order chi connectivity index (χ1) is 14.3. The number of carbonyl (C=O) groups is 2. The van der Waals surface area contributed by atoms with Crippen LogP contribution in [0.4, 0.5) is 4.79 Å². The number of halogens is 1. The maximum Gasteiger partial charge on any atom is 0.329 e. The van der Waals surface area contributed by atoms with Crippen LogP contribution in [0.5, 0.6) is 0 Å². The third kappa shape index (κ3) is 3.92. The third-order valence-electron chi connectivity index (χ3n) is 5.24. The molecule has 1 N–H and O–H groups in total. The van der Waals surface area contributed by atoms with Crippen molar-refractivity contribution in [2.75, 3.05) is 0 Å². The summed E-state index contributed by atoms with van der Waals surface area (Å²) in [7, 11) is 0. The number of carbonyl (C=O) groups excluding carboxylic acids is 2. The Kier molecular flexibility index (Phi) is 5.51. The lowest BCUT2D eigenvalue weighted by atomic mass is 10.1. The highest BCUT2D eigenvalue weighted by Crippen LogP contribution is 2.25. The summed E-state index contributed by atoms with van der Waals surface area (Å²) in [6, 6.07) is 17.7. The highest BCUT2D eigenvalue weighted by molar-refractivity contribution is 14.1. The monoisotopic (exact) mass is 511 g/mol. The molecule has 1 saturated heterocycles. The lowest BCUT2D eigenvalue weighted by Crippen LogP contribution is -2.30. The maximum atomic E-state index is 12.9. The zero-order chi connectivity index (χ0) is 21.4. The topological polar surface area (TPSA) is 54.3 Å². The minimum atomic E-state index is -0.390. The summed E-state index contributed by atoms with van der Waals surface area (Å²) in [4.78, 5) is 26.6. The Hall–Kier alpha value is -2.87. The molecule has 0 saturated carbocycles. The fourth-order valence-corrected chi connectivity index (χ4v) is 4.14. The number of rotatable bonds is 4. The Morgan fingerprint density at radius 3 is 2.43 bits per heavy atom. The van der Waals surface area contributed by atoms with E-state index in [9.17, 15) is 9.59 Å². The molecule has 6 heteroatoms. The Morgan fingerprint density at radius 1 is 1.00 bits per heavy atom.